The Labute approximate surface area is 91.0 Å². The Hall–Kier alpha value is -2.50. The van der Waals surface area contributed by atoms with Gasteiger partial charge in [0.2, 0.25) is 5.95 Å². The van der Waals surface area contributed by atoms with E-state index in [-0.39, 0.29) is 11.6 Å². The van der Waals surface area contributed by atoms with Gasteiger partial charge in [0.1, 0.15) is 0 Å². The molecular weight excluding hydrogens is 208 g/mol. The molecular formula is C10H8N4O2. The SMILES string of the molecule is O=C(O)c1cnnc(Nc2ccccc2)n1. The molecule has 6 nitrogen and oxygen atoms in total. The number of rotatable bonds is 3. The number of carboxylic acids is 1. The Kier molecular flexibility index (Phi) is 2.73. The van der Waals surface area contributed by atoms with Gasteiger partial charge >= 0.3 is 5.97 Å². The zero-order chi connectivity index (χ0) is 11.4. The van der Waals surface area contributed by atoms with Gasteiger partial charge in [0, 0.05) is 5.69 Å². The van der Waals surface area contributed by atoms with Crippen LogP contribution in [0.5, 0.6) is 0 Å². The van der Waals surface area contributed by atoms with Crippen molar-refractivity contribution in [3.63, 3.8) is 0 Å². The van der Waals surface area contributed by atoms with Crippen LogP contribution >= 0.6 is 0 Å². The van der Waals surface area contributed by atoms with Crippen LogP contribution in [0, 0.1) is 0 Å². The van der Waals surface area contributed by atoms with Gasteiger partial charge in [0.25, 0.3) is 0 Å². The van der Waals surface area contributed by atoms with Crippen LogP contribution in [0.3, 0.4) is 0 Å². The average molecular weight is 216 g/mol. The number of carbonyl (C=O) groups is 1. The Bertz CT molecular complexity index is 501. The molecule has 0 amide bonds. The number of para-hydroxylation sites is 1. The van der Waals surface area contributed by atoms with Crippen molar-refractivity contribution in [2.24, 2.45) is 0 Å². The molecule has 2 aromatic rings. The monoisotopic (exact) mass is 216 g/mol. The summed E-state index contributed by atoms with van der Waals surface area (Å²) in [7, 11) is 0. The van der Waals surface area contributed by atoms with Crippen LogP contribution < -0.4 is 5.32 Å². The summed E-state index contributed by atoms with van der Waals surface area (Å²) in [5, 5.41) is 18.8. The van der Waals surface area contributed by atoms with Gasteiger partial charge in [0.05, 0.1) is 6.20 Å². The Morgan fingerprint density at radius 3 is 2.69 bits per heavy atom. The summed E-state index contributed by atoms with van der Waals surface area (Å²) in [5.41, 5.74) is 0.625. The Morgan fingerprint density at radius 2 is 2.00 bits per heavy atom. The molecule has 0 radical (unpaired) electrons. The molecule has 0 fully saturated rings. The van der Waals surface area contributed by atoms with E-state index in [0.717, 1.165) is 11.9 Å². The highest BCUT2D eigenvalue weighted by Gasteiger charge is 2.06. The maximum Gasteiger partial charge on any atom is 0.356 e. The largest absolute Gasteiger partial charge is 0.476 e. The molecule has 1 heterocycles. The molecule has 2 N–H and O–H groups in total. The first-order chi connectivity index (χ1) is 7.75. The molecule has 16 heavy (non-hydrogen) atoms. The number of aromatic carboxylic acids is 1. The summed E-state index contributed by atoms with van der Waals surface area (Å²) in [4.78, 5) is 14.4. The number of hydrogen-bond donors (Lipinski definition) is 2. The van der Waals surface area contributed by atoms with E-state index in [9.17, 15) is 4.79 Å². The highest BCUT2D eigenvalue weighted by Crippen LogP contribution is 2.10. The van der Waals surface area contributed by atoms with Crippen molar-refractivity contribution in [2.45, 2.75) is 0 Å². The quantitative estimate of drug-likeness (QED) is 0.804. The topological polar surface area (TPSA) is 88.0 Å². The van der Waals surface area contributed by atoms with Crippen LogP contribution in [-0.2, 0) is 0 Å². The van der Waals surface area contributed by atoms with Gasteiger partial charge in [-0.1, -0.05) is 18.2 Å². The van der Waals surface area contributed by atoms with Crippen LogP contribution in [0.15, 0.2) is 36.5 Å². The van der Waals surface area contributed by atoms with Crippen molar-refractivity contribution in [3.8, 4) is 0 Å². The summed E-state index contributed by atoms with van der Waals surface area (Å²) in [6.07, 6.45) is 1.10. The first kappa shape index (κ1) is 10.0. The van der Waals surface area contributed by atoms with Crippen LogP contribution in [-0.4, -0.2) is 26.3 Å². The van der Waals surface area contributed by atoms with Crippen LogP contribution in [0.1, 0.15) is 10.5 Å². The number of carboxylic acid groups (broad SMARTS) is 1. The van der Waals surface area contributed by atoms with Gasteiger partial charge in [-0.05, 0) is 12.1 Å². The standard InChI is InChI=1S/C10H8N4O2/c15-9(16)8-6-11-14-10(13-8)12-7-4-2-1-3-5-7/h1-6H,(H,15,16)(H,12,13,14). The molecule has 1 aromatic heterocycles. The lowest BCUT2D eigenvalue weighted by Crippen LogP contribution is -2.06. The zero-order valence-corrected chi connectivity index (χ0v) is 8.16. The van der Waals surface area contributed by atoms with E-state index in [1.54, 1.807) is 0 Å². The third kappa shape index (κ3) is 2.30. The molecule has 0 saturated carbocycles. The van der Waals surface area contributed by atoms with E-state index < -0.39 is 5.97 Å². The smallest absolute Gasteiger partial charge is 0.356 e. The van der Waals surface area contributed by atoms with Crippen molar-refractivity contribution >= 4 is 17.6 Å². The fourth-order valence-electron chi connectivity index (χ4n) is 1.11. The number of hydrogen-bond acceptors (Lipinski definition) is 5. The molecule has 6 heteroatoms. The summed E-state index contributed by atoms with van der Waals surface area (Å²) < 4.78 is 0. The molecule has 0 aliphatic carbocycles. The third-order valence-electron chi connectivity index (χ3n) is 1.81. The first-order valence-corrected chi connectivity index (χ1v) is 4.51. The molecule has 0 spiro atoms. The molecule has 0 unspecified atom stereocenters. The summed E-state index contributed by atoms with van der Waals surface area (Å²) in [5.74, 6) is -0.975. The first-order valence-electron chi connectivity index (χ1n) is 4.51. The normalized spacial score (nSPS) is 9.75. The van der Waals surface area contributed by atoms with E-state index in [4.69, 9.17) is 5.11 Å². The minimum atomic E-state index is -1.13. The highest BCUT2D eigenvalue weighted by molar-refractivity contribution is 5.85. The van der Waals surface area contributed by atoms with Gasteiger partial charge in [-0.3, -0.25) is 0 Å². The fourth-order valence-corrected chi connectivity index (χ4v) is 1.11. The van der Waals surface area contributed by atoms with Crippen LogP contribution in [0.25, 0.3) is 0 Å². The van der Waals surface area contributed by atoms with E-state index in [2.05, 4.69) is 20.5 Å². The molecule has 0 aliphatic rings. The van der Waals surface area contributed by atoms with Gasteiger partial charge in [-0.15, -0.1) is 5.10 Å². The van der Waals surface area contributed by atoms with Crippen molar-refractivity contribution in [2.75, 3.05) is 5.32 Å². The van der Waals surface area contributed by atoms with Gasteiger partial charge in [-0.25, -0.2) is 9.78 Å². The summed E-state index contributed by atoms with van der Waals surface area (Å²) in [6.45, 7) is 0. The lowest BCUT2D eigenvalue weighted by atomic mass is 10.3. The maximum absolute atomic E-state index is 10.6. The van der Waals surface area contributed by atoms with E-state index >= 15 is 0 Å². The van der Waals surface area contributed by atoms with Crippen LogP contribution in [0.2, 0.25) is 0 Å². The number of nitrogens with zero attached hydrogens (tertiary/aromatic N) is 3. The van der Waals surface area contributed by atoms with Crippen LogP contribution in [0.4, 0.5) is 11.6 Å². The average Bonchev–Trinajstić information content (AvgIpc) is 2.30. The Balaban J connectivity index is 2.22. The number of benzene rings is 1. The molecule has 80 valence electrons. The van der Waals surface area contributed by atoms with E-state index in [1.807, 2.05) is 30.3 Å². The lowest BCUT2D eigenvalue weighted by molar-refractivity contribution is 0.0689. The predicted octanol–water partition coefficient (Wildman–Crippen LogP) is 1.31. The lowest BCUT2D eigenvalue weighted by Gasteiger charge is -2.03. The van der Waals surface area contributed by atoms with Crippen molar-refractivity contribution in [3.05, 3.63) is 42.2 Å². The predicted molar refractivity (Wildman–Crippen MR) is 56.5 cm³/mol. The molecule has 1 aromatic carbocycles. The fraction of sp³-hybridized carbons (Fsp3) is 0. The molecule has 0 atom stereocenters. The number of anilines is 2. The second-order valence-electron chi connectivity index (χ2n) is 2.96. The summed E-state index contributed by atoms with van der Waals surface area (Å²) in [6, 6.07) is 9.19. The zero-order valence-electron chi connectivity index (χ0n) is 8.16. The second kappa shape index (κ2) is 4.35. The van der Waals surface area contributed by atoms with Crippen molar-refractivity contribution in [1.29, 1.82) is 0 Å². The van der Waals surface area contributed by atoms with Gasteiger partial charge in [-0.2, -0.15) is 5.10 Å². The van der Waals surface area contributed by atoms with E-state index in [1.165, 1.54) is 0 Å². The third-order valence-corrected chi connectivity index (χ3v) is 1.81. The molecule has 0 aliphatic heterocycles. The number of aromatic nitrogens is 3. The van der Waals surface area contributed by atoms with Gasteiger partial charge < -0.3 is 10.4 Å². The maximum atomic E-state index is 10.6. The minimum Gasteiger partial charge on any atom is -0.476 e. The molecule has 0 saturated heterocycles. The minimum absolute atomic E-state index is 0.145. The molecule has 0 bridgehead atoms. The number of nitrogens with one attached hydrogen (secondary N) is 1. The highest BCUT2D eigenvalue weighted by atomic mass is 16.4. The second-order valence-corrected chi connectivity index (χ2v) is 2.96. The Morgan fingerprint density at radius 1 is 1.25 bits per heavy atom. The molecule has 2 rings (SSSR count). The van der Waals surface area contributed by atoms with E-state index in [0.29, 0.717) is 0 Å². The van der Waals surface area contributed by atoms with Crippen molar-refractivity contribution < 1.29 is 9.90 Å². The summed E-state index contributed by atoms with van der Waals surface area (Å²) >= 11 is 0. The van der Waals surface area contributed by atoms with Crippen molar-refractivity contribution in [1.82, 2.24) is 15.2 Å². The van der Waals surface area contributed by atoms with Gasteiger partial charge in [0.15, 0.2) is 5.69 Å².